The van der Waals surface area contributed by atoms with Crippen LogP contribution in [0.25, 0.3) is 0 Å². The van der Waals surface area contributed by atoms with Crippen LogP contribution in [0.1, 0.15) is 52.9 Å². The second-order valence-electron chi connectivity index (χ2n) is 11.1. The number of piperidine rings is 1. The number of unbranched alkanes of at least 4 members (excludes halogenated alkanes) is 1. The second kappa shape index (κ2) is 12.0. The van der Waals surface area contributed by atoms with Crippen LogP contribution >= 0.6 is 0 Å². The summed E-state index contributed by atoms with van der Waals surface area (Å²) in [5, 5.41) is 2.42. The third-order valence-electron chi connectivity index (χ3n) is 7.52. The molecule has 0 saturated carbocycles. The van der Waals surface area contributed by atoms with Crippen LogP contribution < -0.4 is 10.4 Å². The number of hydrogen-bond acceptors (Lipinski definition) is 4. The Labute approximate surface area is 229 Å². The van der Waals surface area contributed by atoms with E-state index in [4.69, 9.17) is 4.43 Å². The molecule has 1 heterocycles. The number of hydrogen-bond donors (Lipinski definition) is 0. The minimum atomic E-state index is -3.81. The summed E-state index contributed by atoms with van der Waals surface area (Å²) in [5.41, 5.74) is 0. The first-order valence-corrected chi connectivity index (χ1v) is 16.9. The molecule has 0 spiro atoms. The van der Waals surface area contributed by atoms with Crippen LogP contribution in [0, 0.1) is 5.92 Å². The maximum Gasteiger partial charge on any atom is 0.266 e. The SMILES string of the molecule is CC(C)(C)[Si](OCCCCC1CCCN(S(=O)(=O)c2ccccc2)C1=O)(c1ccccc1)c1ccccc1. The van der Waals surface area contributed by atoms with Crippen LogP contribution in [-0.4, -0.2) is 40.1 Å². The van der Waals surface area contributed by atoms with E-state index in [-0.39, 0.29) is 28.3 Å². The van der Waals surface area contributed by atoms with E-state index >= 15 is 0 Å². The average Bonchev–Trinajstić information content (AvgIpc) is 2.92. The molecule has 0 N–H and O–H groups in total. The van der Waals surface area contributed by atoms with Crippen LogP contribution in [0.5, 0.6) is 0 Å². The maximum absolute atomic E-state index is 13.2. The Balaban J connectivity index is 1.43. The standard InChI is InChI=1S/C31H39NO4SSi/c1-31(2,3)38(28-20-9-5-10-21-28,29-22-11-6-12-23-29)36-25-14-13-16-26-17-15-24-32(30(26)33)37(34,35)27-18-7-4-8-19-27/h4-12,18-23,26H,13-17,24-25H2,1-3H3. The van der Waals surface area contributed by atoms with Crippen molar-refractivity contribution in [3.05, 3.63) is 91.0 Å². The second-order valence-corrected chi connectivity index (χ2v) is 17.2. The summed E-state index contributed by atoms with van der Waals surface area (Å²) in [7, 11) is -6.39. The van der Waals surface area contributed by atoms with E-state index in [0.717, 1.165) is 23.6 Å². The Morgan fingerprint density at radius 1 is 0.842 bits per heavy atom. The molecule has 1 fully saturated rings. The minimum Gasteiger partial charge on any atom is -0.407 e. The topological polar surface area (TPSA) is 63.7 Å². The van der Waals surface area contributed by atoms with Crippen LogP contribution in [0.3, 0.4) is 0 Å². The first kappa shape index (κ1) is 28.3. The van der Waals surface area contributed by atoms with Gasteiger partial charge in [0.25, 0.3) is 18.3 Å². The molecule has 0 radical (unpaired) electrons. The summed E-state index contributed by atoms with van der Waals surface area (Å²) in [6.07, 6.45) is 3.73. The van der Waals surface area contributed by atoms with E-state index in [1.165, 1.54) is 10.4 Å². The predicted octanol–water partition coefficient (Wildman–Crippen LogP) is 5.36. The fourth-order valence-electron chi connectivity index (χ4n) is 5.62. The number of benzene rings is 3. The number of amides is 1. The van der Waals surface area contributed by atoms with Gasteiger partial charge in [0, 0.05) is 19.1 Å². The molecule has 0 aliphatic carbocycles. The van der Waals surface area contributed by atoms with Crippen molar-refractivity contribution in [1.29, 1.82) is 0 Å². The van der Waals surface area contributed by atoms with Crippen molar-refractivity contribution < 1.29 is 17.6 Å². The Hall–Kier alpha value is -2.74. The van der Waals surface area contributed by atoms with Crippen molar-refractivity contribution in [1.82, 2.24) is 4.31 Å². The molecular formula is C31H39NO4SSi. The van der Waals surface area contributed by atoms with Crippen molar-refractivity contribution in [2.24, 2.45) is 5.92 Å². The highest BCUT2D eigenvalue weighted by molar-refractivity contribution is 7.89. The Bertz CT molecular complexity index is 1250. The fraction of sp³-hybridized carbons (Fsp3) is 0.387. The van der Waals surface area contributed by atoms with E-state index < -0.39 is 18.3 Å². The molecule has 3 aromatic carbocycles. The molecule has 1 aliphatic rings. The normalized spacial score (nSPS) is 17.0. The molecule has 7 heteroatoms. The number of carbonyl (C=O) groups excluding carboxylic acids is 1. The van der Waals surface area contributed by atoms with Gasteiger partial charge in [-0.1, -0.05) is 106 Å². The summed E-state index contributed by atoms with van der Waals surface area (Å²) >= 11 is 0. The van der Waals surface area contributed by atoms with E-state index in [1.807, 2.05) is 12.1 Å². The highest BCUT2D eigenvalue weighted by atomic mass is 32.2. The molecule has 38 heavy (non-hydrogen) atoms. The molecule has 1 atom stereocenters. The van der Waals surface area contributed by atoms with Gasteiger partial charge >= 0.3 is 0 Å². The Morgan fingerprint density at radius 3 is 1.89 bits per heavy atom. The Morgan fingerprint density at radius 2 is 1.37 bits per heavy atom. The summed E-state index contributed by atoms with van der Waals surface area (Å²) in [5.74, 6) is -0.539. The molecular weight excluding hydrogens is 510 g/mol. The molecule has 1 amide bonds. The molecule has 1 unspecified atom stereocenters. The highest BCUT2D eigenvalue weighted by Crippen LogP contribution is 2.37. The molecule has 3 aromatic rings. The van der Waals surface area contributed by atoms with E-state index in [1.54, 1.807) is 30.3 Å². The van der Waals surface area contributed by atoms with Crippen LogP contribution in [0.4, 0.5) is 0 Å². The first-order chi connectivity index (χ1) is 18.2. The zero-order valence-corrected chi connectivity index (χ0v) is 24.5. The zero-order valence-electron chi connectivity index (χ0n) is 22.7. The van der Waals surface area contributed by atoms with Crippen molar-refractivity contribution in [3.8, 4) is 0 Å². The number of sulfonamides is 1. The zero-order chi connectivity index (χ0) is 27.2. The van der Waals surface area contributed by atoms with Crippen molar-refractivity contribution in [2.75, 3.05) is 13.2 Å². The van der Waals surface area contributed by atoms with Gasteiger partial charge in [0.15, 0.2) is 0 Å². The number of nitrogens with zero attached hydrogens (tertiary/aromatic N) is 1. The lowest BCUT2D eigenvalue weighted by Gasteiger charge is -2.43. The van der Waals surface area contributed by atoms with Crippen LogP contribution in [0.2, 0.25) is 5.04 Å². The number of carbonyl (C=O) groups is 1. The minimum absolute atomic E-state index is 0.0820. The van der Waals surface area contributed by atoms with Crippen molar-refractivity contribution >= 4 is 34.6 Å². The molecule has 0 bridgehead atoms. The smallest absolute Gasteiger partial charge is 0.266 e. The van der Waals surface area contributed by atoms with Gasteiger partial charge in [0.1, 0.15) is 0 Å². The van der Waals surface area contributed by atoms with Crippen molar-refractivity contribution in [2.45, 2.75) is 62.8 Å². The first-order valence-electron chi connectivity index (χ1n) is 13.5. The quantitative estimate of drug-likeness (QED) is 0.252. The third-order valence-corrected chi connectivity index (χ3v) is 14.4. The summed E-state index contributed by atoms with van der Waals surface area (Å²) in [6.45, 7) is 7.65. The average molecular weight is 550 g/mol. The monoisotopic (exact) mass is 549 g/mol. The number of rotatable bonds is 10. The Kier molecular flexibility index (Phi) is 8.91. The van der Waals surface area contributed by atoms with Gasteiger partial charge in [0.05, 0.1) is 4.90 Å². The van der Waals surface area contributed by atoms with Gasteiger partial charge in [-0.3, -0.25) is 4.79 Å². The van der Waals surface area contributed by atoms with Gasteiger partial charge in [-0.2, -0.15) is 0 Å². The van der Waals surface area contributed by atoms with Crippen molar-refractivity contribution in [3.63, 3.8) is 0 Å². The molecule has 5 nitrogen and oxygen atoms in total. The van der Waals surface area contributed by atoms with Gasteiger partial charge in [0.2, 0.25) is 5.91 Å². The van der Waals surface area contributed by atoms with Crippen LogP contribution in [0.15, 0.2) is 95.9 Å². The van der Waals surface area contributed by atoms with Crippen LogP contribution in [-0.2, 0) is 19.2 Å². The van der Waals surface area contributed by atoms with Gasteiger partial charge in [-0.15, -0.1) is 0 Å². The van der Waals surface area contributed by atoms with Gasteiger partial charge in [-0.25, -0.2) is 12.7 Å². The summed E-state index contributed by atoms with van der Waals surface area (Å²) in [6, 6.07) is 29.4. The largest absolute Gasteiger partial charge is 0.407 e. The van der Waals surface area contributed by atoms with E-state index in [9.17, 15) is 13.2 Å². The summed E-state index contributed by atoms with van der Waals surface area (Å²) < 4.78 is 34.2. The lowest BCUT2D eigenvalue weighted by atomic mass is 9.93. The molecule has 1 saturated heterocycles. The molecule has 202 valence electrons. The molecule has 0 aromatic heterocycles. The molecule has 1 aliphatic heterocycles. The van der Waals surface area contributed by atoms with E-state index in [2.05, 4.69) is 69.3 Å². The maximum atomic E-state index is 13.2. The molecule has 4 rings (SSSR count). The third kappa shape index (κ3) is 5.80. The lowest BCUT2D eigenvalue weighted by molar-refractivity contribution is -0.133. The summed E-state index contributed by atoms with van der Waals surface area (Å²) in [4.78, 5) is 13.4. The highest BCUT2D eigenvalue weighted by Gasteiger charge is 2.50. The van der Waals surface area contributed by atoms with Gasteiger partial charge in [-0.05, 0) is 53.2 Å². The van der Waals surface area contributed by atoms with Gasteiger partial charge < -0.3 is 4.43 Å². The lowest BCUT2D eigenvalue weighted by Crippen LogP contribution is -2.66. The van der Waals surface area contributed by atoms with E-state index in [0.29, 0.717) is 19.4 Å². The predicted molar refractivity (Wildman–Crippen MR) is 155 cm³/mol. The fourth-order valence-corrected chi connectivity index (χ4v) is 11.7.